The molecule has 1 aliphatic heterocycles. The van der Waals surface area contributed by atoms with E-state index in [-0.39, 0.29) is 23.5 Å². The average molecular weight is 216 g/mol. The van der Waals surface area contributed by atoms with Crippen LogP contribution < -0.4 is 0 Å². The molecule has 1 saturated heterocycles. The molecule has 5 nitrogen and oxygen atoms in total. The lowest BCUT2D eigenvalue weighted by molar-refractivity contribution is -0.381. The zero-order valence-corrected chi connectivity index (χ0v) is 8.71. The number of ether oxygens (including phenoxy) is 1. The molecule has 1 heterocycles. The Balaban J connectivity index is 2.30. The minimum absolute atomic E-state index is 0.127. The lowest BCUT2D eigenvalue weighted by Gasteiger charge is -2.51. The largest absolute Gasteiger partial charge is 0.508 e. The van der Waals surface area contributed by atoms with Crippen molar-refractivity contribution >= 4 is 0 Å². The predicted octanol–water partition coefficient (Wildman–Crippen LogP) is 0.296. The fraction of sp³-hybridized carbons (Fsp3) is 0.800. The molecule has 3 unspecified atom stereocenters. The van der Waals surface area contributed by atoms with Crippen molar-refractivity contribution < 1.29 is 25.2 Å². The molecule has 0 radical (unpaired) electrons. The van der Waals surface area contributed by atoms with Crippen LogP contribution in [0.4, 0.5) is 0 Å². The van der Waals surface area contributed by atoms with Crippen molar-refractivity contribution in [1.29, 1.82) is 0 Å². The second-order valence-corrected chi connectivity index (χ2v) is 4.56. The smallest absolute Gasteiger partial charge is 0.190 e. The molecule has 0 amide bonds. The van der Waals surface area contributed by atoms with E-state index in [0.29, 0.717) is 0 Å². The van der Waals surface area contributed by atoms with Crippen molar-refractivity contribution in [2.75, 3.05) is 6.61 Å². The number of rotatable bonds is 2. The molecule has 4 N–H and O–H groups in total. The molecular weight excluding hydrogens is 200 g/mol. The third kappa shape index (κ3) is 1.14. The summed E-state index contributed by atoms with van der Waals surface area (Å²) in [6.45, 7) is 3.36. The van der Waals surface area contributed by atoms with Crippen LogP contribution in [0.15, 0.2) is 11.5 Å². The van der Waals surface area contributed by atoms with E-state index in [1.807, 2.05) is 13.8 Å². The van der Waals surface area contributed by atoms with Gasteiger partial charge in [-0.1, -0.05) is 13.8 Å². The zero-order valence-electron chi connectivity index (χ0n) is 8.71. The molecule has 5 heteroatoms. The maximum Gasteiger partial charge on any atom is 0.190 e. The summed E-state index contributed by atoms with van der Waals surface area (Å²) in [4.78, 5) is 0. The van der Waals surface area contributed by atoms with E-state index in [9.17, 15) is 15.3 Å². The molecular formula is C10H16O5. The Morgan fingerprint density at radius 1 is 1.33 bits per heavy atom. The number of fused-ring (bicyclic) bond motifs is 1. The molecule has 1 aliphatic carbocycles. The Morgan fingerprint density at radius 2 is 1.93 bits per heavy atom. The van der Waals surface area contributed by atoms with Crippen LogP contribution in [0.25, 0.3) is 0 Å². The van der Waals surface area contributed by atoms with Crippen LogP contribution in [-0.2, 0) is 4.74 Å². The Labute approximate surface area is 87.6 Å². The van der Waals surface area contributed by atoms with Gasteiger partial charge in [0.2, 0.25) is 0 Å². The first-order chi connectivity index (χ1) is 6.93. The summed E-state index contributed by atoms with van der Waals surface area (Å²) in [5.41, 5.74) is 0. The molecule has 2 aliphatic rings. The first kappa shape index (κ1) is 10.7. The van der Waals surface area contributed by atoms with Gasteiger partial charge in [-0.3, -0.25) is 0 Å². The maximum absolute atomic E-state index is 10.0. The summed E-state index contributed by atoms with van der Waals surface area (Å²) < 4.78 is 5.29. The van der Waals surface area contributed by atoms with Crippen molar-refractivity contribution in [3.05, 3.63) is 11.5 Å². The third-order valence-electron chi connectivity index (χ3n) is 3.33. The van der Waals surface area contributed by atoms with Gasteiger partial charge in [0.25, 0.3) is 0 Å². The molecule has 15 heavy (non-hydrogen) atoms. The van der Waals surface area contributed by atoms with Gasteiger partial charge in [-0.15, -0.1) is 0 Å². The van der Waals surface area contributed by atoms with Gasteiger partial charge in [0.1, 0.15) is 17.4 Å². The van der Waals surface area contributed by atoms with E-state index in [1.54, 1.807) is 0 Å². The highest BCUT2D eigenvalue weighted by atomic mass is 16.7. The van der Waals surface area contributed by atoms with Gasteiger partial charge in [-0.05, 0) is 5.92 Å². The standard InChI is InChI=1S/C10H16O5/c1-4(2)9-6-8(13)7(12)5(3-11)10(6,14)15-9/h4-6,9,11-14H,3H2,1-2H3/t5?,6?,9-,10?/m0/s1. The van der Waals surface area contributed by atoms with Gasteiger partial charge in [-0.2, -0.15) is 0 Å². The fourth-order valence-electron chi connectivity index (χ4n) is 2.44. The van der Waals surface area contributed by atoms with Gasteiger partial charge < -0.3 is 25.2 Å². The third-order valence-corrected chi connectivity index (χ3v) is 3.33. The zero-order chi connectivity index (χ0) is 11.4. The topological polar surface area (TPSA) is 90.2 Å². The Kier molecular flexibility index (Phi) is 2.22. The molecule has 1 fully saturated rings. The number of aliphatic hydroxyl groups excluding tert-OH is 3. The number of aliphatic hydroxyl groups is 4. The first-order valence-corrected chi connectivity index (χ1v) is 5.06. The van der Waals surface area contributed by atoms with Crippen molar-refractivity contribution in [2.45, 2.75) is 25.7 Å². The van der Waals surface area contributed by atoms with Gasteiger partial charge >= 0.3 is 0 Å². The summed E-state index contributed by atoms with van der Waals surface area (Å²) in [7, 11) is 0. The highest BCUT2D eigenvalue weighted by Crippen LogP contribution is 2.55. The Bertz CT molecular complexity index is 311. The van der Waals surface area contributed by atoms with E-state index in [2.05, 4.69) is 0 Å². The van der Waals surface area contributed by atoms with Crippen molar-refractivity contribution in [3.8, 4) is 0 Å². The van der Waals surface area contributed by atoms with E-state index in [1.165, 1.54) is 0 Å². The van der Waals surface area contributed by atoms with Crippen molar-refractivity contribution in [2.24, 2.45) is 17.8 Å². The summed E-state index contributed by atoms with van der Waals surface area (Å²) in [5, 5.41) is 38.2. The summed E-state index contributed by atoms with van der Waals surface area (Å²) in [5.74, 6) is -3.65. The van der Waals surface area contributed by atoms with Crippen LogP contribution in [0.3, 0.4) is 0 Å². The van der Waals surface area contributed by atoms with Crippen LogP contribution in [0.2, 0.25) is 0 Å². The van der Waals surface area contributed by atoms with Gasteiger partial charge in [0, 0.05) is 0 Å². The highest BCUT2D eigenvalue weighted by molar-refractivity contribution is 5.27. The summed E-state index contributed by atoms with van der Waals surface area (Å²) in [6, 6.07) is 0. The highest BCUT2D eigenvalue weighted by Gasteiger charge is 2.67. The van der Waals surface area contributed by atoms with Gasteiger partial charge in [-0.25, -0.2) is 0 Å². The SMILES string of the molecule is CC(C)[C@@H]1OC2(O)C(CO)C(O)=C(O)C12. The van der Waals surface area contributed by atoms with Crippen LogP contribution in [-0.4, -0.2) is 38.9 Å². The van der Waals surface area contributed by atoms with Crippen LogP contribution in [0.1, 0.15) is 13.8 Å². The molecule has 0 aromatic carbocycles. The molecule has 0 aromatic rings. The predicted molar refractivity (Wildman–Crippen MR) is 51.0 cm³/mol. The number of hydrogen-bond donors (Lipinski definition) is 4. The van der Waals surface area contributed by atoms with Crippen LogP contribution in [0.5, 0.6) is 0 Å². The molecule has 0 spiro atoms. The van der Waals surface area contributed by atoms with E-state index >= 15 is 0 Å². The van der Waals surface area contributed by atoms with Gasteiger partial charge in [0.05, 0.1) is 18.6 Å². The number of hydrogen-bond acceptors (Lipinski definition) is 5. The normalized spacial score (nSPS) is 44.5. The lowest BCUT2D eigenvalue weighted by Crippen LogP contribution is -2.63. The first-order valence-electron chi connectivity index (χ1n) is 5.06. The van der Waals surface area contributed by atoms with E-state index in [4.69, 9.17) is 9.84 Å². The molecule has 0 bridgehead atoms. The lowest BCUT2D eigenvalue weighted by atomic mass is 9.79. The molecule has 86 valence electrons. The second-order valence-electron chi connectivity index (χ2n) is 4.56. The Morgan fingerprint density at radius 3 is 2.40 bits per heavy atom. The van der Waals surface area contributed by atoms with Crippen LogP contribution >= 0.6 is 0 Å². The molecule has 2 rings (SSSR count). The molecule has 0 saturated carbocycles. The second kappa shape index (κ2) is 3.10. The fourth-order valence-corrected chi connectivity index (χ4v) is 2.44. The van der Waals surface area contributed by atoms with Crippen LogP contribution in [0, 0.1) is 17.8 Å². The molecule has 4 atom stereocenters. The van der Waals surface area contributed by atoms with E-state index < -0.39 is 24.2 Å². The van der Waals surface area contributed by atoms with Crippen molar-refractivity contribution in [1.82, 2.24) is 0 Å². The Hall–Kier alpha value is -0.780. The minimum Gasteiger partial charge on any atom is -0.508 e. The van der Waals surface area contributed by atoms with E-state index in [0.717, 1.165) is 0 Å². The summed E-state index contributed by atoms with van der Waals surface area (Å²) >= 11 is 0. The maximum atomic E-state index is 10.0. The quantitative estimate of drug-likeness (QED) is 0.533. The monoisotopic (exact) mass is 216 g/mol. The molecule has 0 aromatic heterocycles. The minimum atomic E-state index is -1.63. The van der Waals surface area contributed by atoms with Crippen molar-refractivity contribution in [3.63, 3.8) is 0 Å². The van der Waals surface area contributed by atoms with Gasteiger partial charge in [0.15, 0.2) is 5.79 Å². The average Bonchev–Trinajstić information content (AvgIpc) is 2.25. The summed E-state index contributed by atoms with van der Waals surface area (Å²) in [6.07, 6.45) is -0.311.